The Hall–Kier alpha value is -1.73. The number of hydrogen-bond donors (Lipinski definition) is 2. The minimum absolute atomic E-state index is 0.0963. The van der Waals surface area contributed by atoms with Crippen LogP contribution in [0.15, 0.2) is 18.5 Å². The monoisotopic (exact) mass is 282 g/mol. The zero-order chi connectivity index (χ0) is 13.7. The summed E-state index contributed by atoms with van der Waals surface area (Å²) in [4.78, 5) is 12.2. The summed E-state index contributed by atoms with van der Waals surface area (Å²) in [6.45, 7) is 2.49. The second-order valence-corrected chi connectivity index (χ2v) is 4.29. The Morgan fingerprint density at radius 3 is 2.95 bits per heavy atom. The molecule has 0 aliphatic heterocycles. The molecule has 2 rings (SSSR count). The minimum Gasteiger partial charge on any atom is -0.393 e. The molecule has 19 heavy (non-hydrogen) atoms. The zero-order valence-electron chi connectivity index (χ0n) is 10.5. The summed E-state index contributed by atoms with van der Waals surface area (Å²) in [6.07, 6.45) is 4.36. The molecule has 1 atom stereocenters. The van der Waals surface area contributed by atoms with Gasteiger partial charge >= 0.3 is 0 Å². The van der Waals surface area contributed by atoms with E-state index in [1.807, 2.05) is 6.92 Å². The molecule has 2 aromatic rings. The van der Waals surface area contributed by atoms with Crippen molar-refractivity contribution in [1.29, 1.82) is 0 Å². The summed E-state index contributed by atoms with van der Waals surface area (Å²) in [5.74, 6) is 0.720. The quantitative estimate of drug-likeness (QED) is 0.830. The average molecular weight is 283 g/mol. The Balaban J connectivity index is 2.05. The van der Waals surface area contributed by atoms with Gasteiger partial charge < -0.3 is 10.4 Å². The number of halogens is 1. The van der Waals surface area contributed by atoms with E-state index in [1.165, 1.54) is 4.68 Å². The summed E-state index contributed by atoms with van der Waals surface area (Å²) < 4.78 is 1.50. The Morgan fingerprint density at radius 2 is 2.26 bits per heavy atom. The van der Waals surface area contributed by atoms with Crippen molar-refractivity contribution >= 4 is 17.5 Å². The molecule has 0 bridgehead atoms. The van der Waals surface area contributed by atoms with Crippen LogP contribution in [0.3, 0.4) is 0 Å². The van der Waals surface area contributed by atoms with Crippen LogP contribution in [0.25, 0.3) is 5.95 Å². The zero-order valence-corrected chi connectivity index (χ0v) is 11.2. The first-order chi connectivity index (χ1) is 9.19. The van der Waals surface area contributed by atoms with Gasteiger partial charge in [0, 0.05) is 18.9 Å². The number of aromatic nitrogens is 5. The van der Waals surface area contributed by atoms with Crippen molar-refractivity contribution in [2.45, 2.75) is 25.9 Å². The summed E-state index contributed by atoms with van der Waals surface area (Å²) in [5, 5.41) is 16.6. The van der Waals surface area contributed by atoms with Gasteiger partial charge in [-0.15, -0.1) is 0 Å². The fraction of sp³-hybridized carbons (Fsp3) is 0.455. The second-order valence-electron chi connectivity index (χ2n) is 3.96. The lowest BCUT2D eigenvalue weighted by Crippen LogP contribution is -2.15. The Kier molecular flexibility index (Phi) is 4.64. The van der Waals surface area contributed by atoms with Crippen LogP contribution in [-0.2, 0) is 0 Å². The van der Waals surface area contributed by atoms with E-state index in [9.17, 15) is 5.11 Å². The number of aliphatic hydroxyl groups is 1. The third-order valence-corrected chi connectivity index (χ3v) is 2.71. The molecular weight excluding hydrogens is 268 g/mol. The van der Waals surface area contributed by atoms with Gasteiger partial charge in [0.15, 0.2) is 0 Å². The Morgan fingerprint density at radius 1 is 1.42 bits per heavy atom. The number of anilines is 1. The highest BCUT2D eigenvalue weighted by molar-refractivity contribution is 6.28. The van der Waals surface area contributed by atoms with Crippen LogP contribution in [0, 0.1) is 0 Å². The highest BCUT2D eigenvalue weighted by Crippen LogP contribution is 2.09. The highest BCUT2D eigenvalue weighted by Gasteiger charge is 2.07. The molecule has 0 radical (unpaired) electrons. The van der Waals surface area contributed by atoms with Crippen LogP contribution >= 0.6 is 11.6 Å². The molecule has 2 aromatic heterocycles. The van der Waals surface area contributed by atoms with E-state index in [4.69, 9.17) is 11.6 Å². The normalized spacial score (nSPS) is 12.4. The highest BCUT2D eigenvalue weighted by atomic mass is 35.5. The van der Waals surface area contributed by atoms with Gasteiger partial charge in [-0.2, -0.15) is 20.1 Å². The SMILES string of the molecule is CCC(O)CCNc1nc(Cl)nc(-n2cccn2)n1. The van der Waals surface area contributed by atoms with Gasteiger partial charge in [-0.3, -0.25) is 0 Å². The molecule has 0 spiro atoms. The molecule has 0 fully saturated rings. The van der Waals surface area contributed by atoms with Crippen LogP contribution in [0.1, 0.15) is 19.8 Å². The number of hydrogen-bond acceptors (Lipinski definition) is 6. The van der Waals surface area contributed by atoms with Crippen molar-refractivity contribution < 1.29 is 5.11 Å². The second kappa shape index (κ2) is 6.44. The summed E-state index contributed by atoms with van der Waals surface area (Å²) in [6, 6.07) is 1.77. The number of nitrogens with one attached hydrogen (secondary N) is 1. The van der Waals surface area contributed by atoms with Crippen LogP contribution in [-0.4, -0.2) is 42.5 Å². The first kappa shape index (κ1) is 13.7. The van der Waals surface area contributed by atoms with E-state index in [2.05, 4.69) is 25.4 Å². The largest absolute Gasteiger partial charge is 0.393 e. The number of nitrogens with zero attached hydrogens (tertiary/aromatic N) is 5. The topological polar surface area (TPSA) is 88.8 Å². The predicted molar refractivity (Wildman–Crippen MR) is 71.4 cm³/mol. The average Bonchev–Trinajstić information content (AvgIpc) is 2.91. The molecule has 0 aromatic carbocycles. The van der Waals surface area contributed by atoms with Gasteiger partial charge in [-0.1, -0.05) is 6.92 Å². The van der Waals surface area contributed by atoms with Crippen molar-refractivity contribution in [3.8, 4) is 5.95 Å². The van der Waals surface area contributed by atoms with E-state index in [0.29, 0.717) is 24.9 Å². The number of aliphatic hydroxyl groups excluding tert-OH is 1. The van der Waals surface area contributed by atoms with Crippen LogP contribution in [0.4, 0.5) is 5.95 Å². The lowest BCUT2D eigenvalue weighted by Gasteiger charge is -2.09. The van der Waals surface area contributed by atoms with E-state index in [-0.39, 0.29) is 11.4 Å². The predicted octanol–water partition coefficient (Wildman–Crippen LogP) is 1.28. The van der Waals surface area contributed by atoms with Gasteiger partial charge in [0.2, 0.25) is 11.2 Å². The van der Waals surface area contributed by atoms with E-state index in [0.717, 1.165) is 6.42 Å². The molecule has 0 aliphatic rings. The molecule has 2 N–H and O–H groups in total. The molecule has 8 heteroatoms. The first-order valence-corrected chi connectivity index (χ1v) is 6.40. The lowest BCUT2D eigenvalue weighted by molar-refractivity contribution is 0.164. The van der Waals surface area contributed by atoms with Gasteiger partial charge in [0.25, 0.3) is 5.95 Å². The fourth-order valence-corrected chi connectivity index (χ4v) is 1.62. The van der Waals surface area contributed by atoms with Crippen molar-refractivity contribution in [2.24, 2.45) is 0 Å². The van der Waals surface area contributed by atoms with Crippen LogP contribution in [0.2, 0.25) is 5.28 Å². The standard InChI is InChI=1S/C11H15ClN6O/c1-2-8(19)4-6-13-10-15-9(12)16-11(17-10)18-7-3-5-14-18/h3,5,7-8,19H,2,4,6H2,1H3,(H,13,15,16,17). The van der Waals surface area contributed by atoms with E-state index < -0.39 is 0 Å². The van der Waals surface area contributed by atoms with Gasteiger partial charge in [0.05, 0.1) is 6.10 Å². The molecule has 102 valence electrons. The molecule has 0 saturated heterocycles. The minimum atomic E-state index is -0.324. The molecular formula is C11H15ClN6O. The van der Waals surface area contributed by atoms with Crippen molar-refractivity contribution in [3.63, 3.8) is 0 Å². The van der Waals surface area contributed by atoms with Gasteiger partial charge in [-0.25, -0.2) is 4.68 Å². The summed E-state index contributed by atoms with van der Waals surface area (Å²) in [5.41, 5.74) is 0. The van der Waals surface area contributed by atoms with Crippen molar-refractivity contribution in [1.82, 2.24) is 24.7 Å². The maximum Gasteiger partial charge on any atom is 0.256 e. The fourth-order valence-electron chi connectivity index (χ4n) is 1.46. The Labute approximate surface area is 115 Å². The van der Waals surface area contributed by atoms with Crippen LogP contribution in [0.5, 0.6) is 0 Å². The molecule has 2 heterocycles. The van der Waals surface area contributed by atoms with Crippen molar-refractivity contribution in [3.05, 3.63) is 23.7 Å². The third kappa shape index (κ3) is 3.87. The van der Waals surface area contributed by atoms with Crippen LogP contribution < -0.4 is 5.32 Å². The smallest absolute Gasteiger partial charge is 0.256 e. The molecule has 0 amide bonds. The molecule has 0 aliphatic carbocycles. The number of rotatable bonds is 6. The van der Waals surface area contributed by atoms with E-state index in [1.54, 1.807) is 18.5 Å². The third-order valence-electron chi connectivity index (χ3n) is 2.54. The molecule has 7 nitrogen and oxygen atoms in total. The maximum atomic E-state index is 9.46. The van der Waals surface area contributed by atoms with E-state index >= 15 is 0 Å². The summed E-state index contributed by atoms with van der Waals surface area (Å²) in [7, 11) is 0. The first-order valence-electron chi connectivity index (χ1n) is 6.02. The van der Waals surface area contributed by atoms with Gasteiger partial charge in [0.1, 0.15) is 0 Å². The molecule has 0 saturated carbocycles. The maximum absolute atomic E-state index is 9.46. The molecule has 1 unspecified atom stereocenters. The summed E-state index contributed by atoms with van der Waals surface area (Å²) >= 11 is 5.84. The van der Waals surface area contributed by atoms with Crippen molar-refractivity contribution in [2.75, 3.05) is 11.9 Å². The Bertz CT molecular complexity index is 518. The lowest BCUT2D eigenvalue weighted by atomic mass is 10.2. The van der Waals surface area contributed by atoms with Gasteiger partial charge in [-0.05, 0) is 30.5 Å².